The van der Waals surface area contributed by atoms with Crippen molar-refractivity contribution >= 4 is 21.8 Å². The number of hydrogen-bond donors (Lipinski definition) is 1. The zero-order valence-electron chi connectivity index (χ0n) is 18.8. The fraction of sp³-hybridized carbons (Fsp3) is 0.458. The molecule has 6 heteroatoms. The molecule has 0 radical (unpaired) electrons. The Hall–Kier alpha value is -2.21. The van der Waals surface area contributed by atoms with Crippen LogP contribution in [0.5, 0.6) is 17.2 Å². The third kappa shape index (κ3) is 8.66. The second-order valence-corrected chi connectivity index (χ2v) is 8.27. The lowest BCUT2D eigenvalue weighted by Crippen LogP contribution is -2.22. The summed E-state index contributed by atoms with van der Waals surface area (Å²) in [6, 6.07) is 13.5. The largest absolute Gasteiger partial charge is 0.493 e. The minimum Gasteiger partial charge on any atom is -0.493 e. The van der Waals surface area contributed by atoms with E-state index >= 15 is 0 Å². The van der Waals surface area contributed by atoms with Crippen molar-refractivity contribution in [1.29, 1.82) is 0 Å². The number of ether oxygens (including phenoxy) is 3. The molecule has 0 aliphatic rings. The first-order chi connectivity index (χ1) is 14.2. The number of para-hydroxylation sites is 1. The molecule has 0 heterocycles. The minimum atomic E-state index is -0.326. The molecule has 0 aromatic heterocycles. The zero-order chi connectivity index (χ0) is 22.7. The maximum Gasteiger partial charge on any atom is 0.225 e. The van der Waals surface area contributed by atoms with Crippen LogP contribution in [0.1, 0.15) is 58.9 Å². The van der Waals surface area contributed by atoms with E-state index in [0.29, 0.717) is 17.9 Å². The molecule has 30 heavy (non-hydrogen) atoms. The average molecular weight is 480 g/mol. The van der Waals surface area contributed by atoms with Gasteiger partial charge in [-0.05, 0) is 63.9 Å². The third-order valence-corrected chi connectivity index (χ3v) is 4.74. The highest BCUT2D eigenvalue weighted by molar-refractivity contribution is 9.10. The number of rotatable bonds is 9. The Morgan fingerprint density at radius 2 is 1.60 bits per heavy atom. The Bertz CT molecular complexity index is 778. The van der Waals surface area contributed by atoms with E-state index in [-0.39, 0.29) is 24.0 Å². The number of nitrogens with two attached hydrogens (primary N) is 1. The molecule has 166 valence electrons. The molecule has 2 rings (SSSR count). The first kappa shape index (κ1) is 25.8. The van der Waals surface area contributed by atoms with E-state index in [4.69, 9.17) is 19.9 Å². The van der Waals surface area contributed by atoms with Gasteiger partial charge in [-0.1, -0.05) is 47.5 Å². The van der Waals surface area contributed by atoms with Gasteiger partial charge < -0.3 is 19.9 Å². The Labute approximate surface area is 189 Å². The van der Waals surface area contributed by atoms with Crippen LogP contribution in [0.3, 0.4) is 0 Å². The number of methoxy groups -OCH3 is 1. The van der Waals surface area contributed by atoms with E-state index in [1.54, 1.807) is 7.11 Å². The van der Waals surface area contributed by atoms with E-state index in [1.165, 1.54) is 0 Å². The van der Waals surface area contributed by atoms with Crippen LogP contribution in [-0.4, -0.2) is 25.2 Å². The molecule has 0 saturated carbocycles. The predicted molar refractivity (Wildman–Crippen MR) is 126 cm³/mol. The molecule has 0 bridgehead atoms. The summed E-state index contributed by atoms with van der Waals surface area (Å²) in [6.45, 7) is 9.95. The summed E-state index contributed by atoms with van der Waals surface area (Å²) in [6.07, 6.45) is 1.88. The van der Waals surface area contributed by atoms with Gasteiger partial charge in [-0.15, -0.1) is 0 Å². The summed E-state index contributed by atoms with van der Waals surface area (Å²) >= 11 is 3.48. The second kappa shape index (κ2) is 13.2. The molecule has 2 aromatic carbocycles. The van der Waals surface area contributed by atoms with E-state index in [2.05, 4.69) is 15.9 Å². The Kier molecular flexibility index (Phi) is 11.3. The summed E-state index contributed by atoms with van der Waals surface area (Å²) in [4.78, 5) is 11.7. The molecule has 2 aromatic rings. The molecular formula is C24H34BrNO4. The minimum absolute atomic E-state index is 0.0242. The molecule has 0 spiro atoms. The topological polar surface area (TPSA) is 70.8 Å². The van der Waals surface area contributed by atoms with Crippen LogP contribution in [0.4, 0.5) is 0 Å². The van der Waals surface area contributed by atoms with Crippen molar-refractivity contribution in [3.8, 4) is 17.2 Å². The zero-order valence-corrected chi connectivity index (χ0v) is 20.4. The van der Waals surface area contributed by atoms with Crippen LogP contribution in [-0.2, 0) is 4.79 Å². The van der Waals surface area contributed by atoms with Crippen LogP contribution < -0.4 is 19.9 Å². The first-order valence-electron chi connectivity index (χ1n) is 10.2. The Balaban J connectivity index is 0.000000375. The van der Waals surface area contributed by atoms with Crippen molar-refractivity contribution in [2.75, 3.05) is 7.11 Å². The molecular weight excluding hydrogens is 446 g/mol. The van der Waals surface area contributed by atoms with Crippen molar-refractivity contribution in [2.24, 2.45) is 5.73 Å². The number of carbonyl (C=O) groups excluding carboxylic acids is 1. The molecule has 1 unspecified atom stereocenters. The van der Waals surface area contributed by atoms with E-state index in [0.717, 1.165) is 22.2 Å². The van der Waals surface area contributed by atoms with Gasteiger partial charge in [0, 0.05) is 4.47 Å². The normalized spacial score (nSPS) is 11.5. The monoisotopic (exact) mass is 479 g/mol. The van der Waals surface area contributed by atoms with Gasteiger partial charge in [0.2, 0.25) is 5.91 Å². The highest BCUT2D eigenvalue weighted by Gasteiger charge is 2.22. The Morgan fingerprint density at radius 3 is 2.07 bits per heavy atom. The second-order valence-electron chi connectivity index (χ2n) is 7.41. The maximum atomic E-state index is 11.7. The van der Waals surface area contributed by atoms with Gasteiger partial charge in [0.1, 0.15) is 5.75 Å². The SMILES string of the molecule is CC(C)Oc1ccccc1.CCCC(C(N)=O)c1cc(OC(C)C)c(OC)cc1Br. The molecule has 2 N–H and O–H groups in total. The third-order valence-electron chi connectivity index (χ3n) is 4.06. The fourth-order valence-corrected chi connectivity index (χ4v) is 3.43. The molecule has 0 fully saturated rings. The molecule has 0 aliphatic carbocycles. The predicted octanol–water partition coefficient (Wildman–Crippen LogP) is 6.09. The molecule has 0 aliphatic heterocycles. The van der Waals surface area contributed by atoms with Crippen molar-refractivity contribution in [2.45, 2.75) is 65.6 Å². The Morgan fingerprint density at radius 1 is 1.00 bits per heavy atom. The van der Waals surface area contributed by atoms with Gasteiger partial charge in [-0.25, -0.2) is 0 Å². The fourth-order valence-electron chi connectivity index (χ4n) is 2.83. The lowest BCUT2D eigenvalue weighted by molar-refractivity contribution is -0.119. The first-order valence-corrected chi connectivity index (χ1v) is 11.0. The van der Waals surface area contributed by atoms with Crippen molar-refractivity contribution in [3.63, 3.8) is 0 Å². The summed E-state index contributed by atoms with van der Waals surface area (Å²) in [5.41, 5.74) is 6.36. The van der Waals surface area contributed by atoms with Crippen LogP contribution in [0.2, 0.25) is 0 Å². The molecule has 1 amide bonds. The summed E-state index contributed by atoms with van der Waals surface area (Å²) < 4.78 is 17.3. The standard InChI is InChI=1S/C15H22BrNO3.C9H12O/c1-5-6-10(15(17)18)11-7-14(20-9(2)3)13(19-4)8-12(11)16;1-8(2)10-9-6-4-3-5-7-9/h7-10H,5-6H2,1-4H3,(H2,17,18);3-8H,1-2H3. The molecule has 1 atom stereocenters. The van der Waals surface area contributed by atoms with Crippen LogP contribution in [0, 0.1) is 0 Å². The van der Waals surface area contributed by atoms with Crippen molar-refractivity contribution < 1.29 is 19.0 Å². The van der Waals surface area contributed by atoms with Crippen molar-refractivity contribution in [3.05, 3.63) is 52.5 Å². The van der Waals surface area contributed by atoms with Gasteiger partial charge in [-0.3, -0.25) is 4.79 Å². The number of benzene rings is 2. The molecule has 0 saturated heterocycles. The smallest absolute Gasteiger partial charge is 0.225 e. The van der Waals surface area contributed by atoms with E-state index < -0.39 is 0 Å². The van der Waals surface area contributed by atoms with Gasteiger partial charge >= 0.3 is 0 Å². The highest BCUT2D eigenvalue weighted by Crippen LogP contribution is 2.38. The van der Waals surface area contributed by atoms with Crippen molar-refractivity contribution in [1.82, 2.24) is 0 Å². The van der Waals surface area contributed by atoms with Gasteiger partial charge in [0.25, 0.3) is 0 Å². The molecule has 5 nitrogen and oxygen atoms in total. The lowest BCUT2D eigenvalue weighted by Gasteiger charge is -2.19. The lowest BCUT2D eigenvalue weighted by atomic mass is 9.93. The van der Waals surface area contributed by atoms with Crippen LogP contribution in [0.25, 0.3) is 0 Å². The summed E-state index contributed by atoms with van der Waals surface area (Å²) in [5.74, 6) is 1.55. The number of hydrogen-bond acceptors (Lipinski definition) is 4. The maximum absolute atomic E-state index is 11.7. The number of amides is 1. The van der Waals surface area contributed by atoms with Crippen LogP contribution >= 0.6 is 15.9 Å². The highest BCUT2D eigenvalue weighted by atomic mass is 79.9. The summed E-state index contributed by atoms with van der Waals surface area (Å²) in [5, 5.41) is 0. The van der Waals surface area contributed by atoms with E-state index in [1.807, 2.05) is 77.1 Å². The van der Waals surface area contributed by atoms with E-state index in [9.17, 15) is 4.79 Å². The number of carbonyl (C=O) groups is 1. The number of primary amides is 1. The van der Waals surface area contributed by atoms with Gasteiger partial charge in [0.15, 0.2) is 11.5 Å². The average Bonchev–Trinajstić information content (AvgIpc) is 2.67. The quantitative estimate of drug-likeness (QED) is 0.472. The van der Waals surface area contributed by atoms with Crippen LogP contribution in [0.15, 0.2) is 46.9 Å². The summed E-state index contributed by atoms with van der Waals surface area (Å²) in [7, 11) is 1.59. The van der Waals surface area contributed by atoms with Gasteiger partial charge in [-0.2, -0.15) is 0 Å². The number of halogens is 1. The van der Waals surface area contributed by atoms with Gasteiger partial charge in [0.05, 0.1) is 25.2 Å².